The van der Waals surface area contributed by atoms with Crippen LogP contribution in [0.1, 0.15) is 66.5 Å². The molecule has 0 fully saturated rings. The molecule has 0 spiro atoms. The van der Waals surface area contributed by atoms with Crippen molar-refractivity contribution in [2.75, 3.05) is 26.0 Å². The molecule has 0 bridgehead atoms. The van der Waals surface area contributed by atoms with Crippen LogP contribution in [-0.4, -0.2) is 31.4 Å². The molecule has 3 aromatic carbocycles. The van der Waals surface area contributed by atoms with Gasteiger partial charge in [0.2, 0.25) is 5.69 Å². The molecule has 1 aliphatic rings. The lowest BCUT2D eigenvalue weighted by Gasteiger charge is -2.17. The molecule has 0 atom stereocenters. The Morgan fingerprint density at radius 1 is 0.727 bits per heavy atom. The summed E-state index contributed by atoms with van der Waals surface area (Å²) in [5, 5.41) is 2.66. The molecular weight excluding hydrogens is 400 g/mol. The molecule has 178 valence electrons. The maximum absolute atomic E-state index is 2.34. The molecule has 33 heavy (non-hydrogen) atoms. The Morgan fingerprint density at radius 2 is 1.30 bits per heavy atom. The molecule has 1 aliphatic heterocycles. The number of hydrogen-bond acceptors (Lipinski definition) is 1. The van der Waals surface area contributed by atoms with Crippen molar-refractivity contribution in [3.63, 3.8) is 0 Å². The minimum absolute atomic E-state index is 0.0367. The maximum atomic E-state index is 2.34. The monoisotopic (exact) mass is 445 g/mol. The van der Waals surface area contributed by atoms with Crippen molar-refractivity contribution in [2.24, 2.45) is 0 Å². The number of anilines is 1. The van der Waals surface area contributed by atoms with Gasteiger partial charge >= 0.3 is 0 Å². The second-order valence-electron chi connectivity index (χ2n) is 8.07. The molecule has 1 heterocycles. The Morgan fingerprint density at radius 3 is 1.88 bits per heavy atom. The first-order valence-electron chi connectivity index (χ1n) is 12.5. The average Bonchev–Trinajstić information content (AvgIpc) is 3.06. The van der Waals surface area contributed by atoms with Gasteiger partial charge in [0.1, 0.15) is 7.05 Å². The van der Waals surface area contributed by atoms with Gasteiger partial charge < -0.3 is 4.90 Å². The molecule has 0 radical (unpaired) electrons. The van der Waals surface area contributed by atoms with Crippen LogP contribution in [0.25, 0.3) is 16.8 Å². The maximum Gasteiger partial charge on any atom is 0.210 e. The fourth-order valence-corrected chi connectivity index (χ4v) is 4.25. The van der Waals surface area contributed by atoms with E-state index in [1.54, 1.807) is 0 Å². The first-order valence-corrected chi connectivity index (χ1v) is 12.5. The van der Waals surface area contributed by atoms with Crippen LogP contribution in [-0.2, 0) is 5.41 Å². The van der Waals surface area contributed by atoms with Crippen molar-refractivity contribution in [3.05, 3.63) is 77.9 Å². The highest BCUT2D eigenvalue weighted by atomic mass is 15.1. The minimum Gasteiger partial charge on any atom is -0.378 e. The molecule has 0 saturated heterocycles. The Hall–Kier alpha value is -2.87. The van der Waals surface area contributed by atoms with E-state index in [2.05, 4.69) is 117 Å². The lowest BCUT2D eigenvalue weighted by molar-refractivity contribution is -0.401. The molecule has 0 aliphatic carbocycles. The first-order chi connectivity index (χ1) is 15.9. The van der Waals surface area contributed by atoms with Gasteiger partial charge in [0, 0.05) is 37.5 Å². The van der Waals surface area contributed by atoms with Gasteiger partial charge in [-0.05, 0) is 54.5 Å². The highest BCUT2D eigenvalue weighted by molar-refractivity contribution is 6.09. The van der Waals surface area contributed by atoms with Gasteiger partial charge in [-0.1, -0.05) is 77.9 Å². The number of allylic oxidation sites excluding steroid dienone is 1. The van der Waals surface area contributed by atoms with E-state index in [4.69, 9.17) is 0 Å². The SMILES string of the molecule is CC.CC.CC.CN(C)c1ccc(C=CC2=[N+](C)c3ccc4ccccc4c3C2(C)C)cc1. The summed E-state index contributed by atoms with van der Waals surface area (Å²) in [6, 6.07) is 21.9. The van der Waals surface area contributed by atoms with Crippen molar-refractivity contribution >= 4 is 33.9 Å². The van der Waals surface area contributed by atoms with E-state index >= 15 is 0 Å². The van der Waals surface area contributed by atoms with Crippen LogP contribution in [0, 0.1) is 0 Å². The van der Waals surface area contributed by atoms with Gasteiger partial charge in [-0.3, -0.25) is 0 Å². The third-order valence-corrected chi connectivity index (χ3v) is 5.74. The Bertz CT molecular complexity index is 1070. The van der Waals surface area contributed by atoms with Gasteiger partial charge in [0.25, 0.3) is 0 Å². The molecule has 0 N–H and O–H groups in total. The molecular formula is C31H45N2+. The summed E-state index contributed by atoms with van der Waals surface area (Å²) < 4.78 is 2.34. The largest absolute Gasteiger partial charge is 0.378 e. The van der Waals surface area contributed by atoms with Crippen LogP contribution >= 0.6 is 0 Å². The lowest BCUT2D eigenvalue weighted by atomic mass is 9.79. The summed E-state index contributed by atoms with van der Waals surface area (Å²) >= 11 is 0. The zero-order chi connectivity index (χ0) is 25.2. The quantitative estimate of drug-likeness (QED) is 0.365. The predicted octanol–water partition coefficient (Wildman–Crippen LogP) is 8.70. The summed E-state index contributed by atoms with van der Waals surface area (Å²) in [5.41, 5.74) is 6.46. The van der Waals surface area contributed by atoms with E-state index in [0.717, 1.165) is 0 Å². The van der Waals surface area contributed by atoms with E-state index in [-0.39, 0.29) is 5.41 Å². The highest BCUT2D eigenvalue weighted by Gasteiger charge is 2.44. The summed E-state index contributed by atoms with van der Waals surface area (Å²) in [6.45, 7) is 16.7. The normalized spacial score (nSPS) is 13.3. The summed E-state index contributed by atoms with van der Waals surface area (Å²) in [7, 11) is 6.31. The number of fused-ring (bicyclic) bond motifs is 3. The van der Waals surface area contributed by atoms with Gasteiger partial charge in [-0.15, -0.1) is 0 Å². The molecule has 2 heteroatoms. The van der Waals surface area contributed by atoms with E-state index in [1.807, 2.05) is 41.5 Å². The molecule has 0 saturated carbocycles. The van der Waals surface area contributed by atoms with E-state index in [1.165, 1.54) is 39.0 Å². The van der Waals surface area contributed by atoms with Crippen molar-refractivity contribution < 1.29 is 4.58 Å². The van der Waals surface area contributed by atoms with Crippen LogP contribution in [0.2, 0.25) is 0 Å². The smallest absolute Gasteiger partial charge is 0.210 e. The molecule has 3 aromatic rings. The first kappa shape index (κ1) is 28.2. The fraction of sp³-hybridized carbons (Fsp3) is 0.387. The average molecular weight is 446 g/mol. The number of hydrogen-bond donors (Lipinski definition) is 0. The van der Waals surface area contributed by atoms with E-state index < -0.39 is 0 Å². The summed E-state index contributed by atoms with van der Waals surface area (Å²) in [4.78, 5) is 2.12. The zero-order valence-electron chi connectivity index (χ0n) is 22.8. The number of nitrogens with zero attached hydrogens (tertiary/aromatic N) is 2. The Labute approximate surface area is 203 Å². The predicted molar refractivity (Wildman–Crippen MR) is 152 cm³/mol. The second-order valence-corrected chi connectivity index (χ2v) is 8.07. The van der Waals surface area contributed by atoms with E-state index in [0.29, 0.717) is 0 Å². The molecule has 0 unspecified atom stereocenters. The van der Waals surface area contributed by atoms with Gasteiger partial charge in [-0.2, -0.15) is 4.58 Å². The van der Waals surface area contributed by atoms with Crippen LogP contribution < -0.4 is 4.90 Å². The van der Waals surface area contributed by atoms with Gasteiger partial charge in [-0.25, -0.2) is 0 Å². The van der Waals surface area contributed by atoms with Crippen molar-refractivity contribution in [3.8, 4) is 0 Å². The summed E-state index contributed by atoms with van der Waals surface area (Å²) in [5.74, 6) is 0. The molecule has 0 aromatic heterocycles. The summed E-state index contributed by atoms with van der Waals surface area (Å²) in [6.07, 6.45) is 4.50. The molecule has 0 amide bonds. The lowest BCUT2D eigenvalue weighted by Crippen LogP contribution is -2.26. The van der Waals surface area contributed by atoms with Gasteiger partial charge in [0.15, 0.2) is 5.71 Å². The van der Waals surface area contributed by atoms with Crippen molar-refractivity contribution in [1.29, 1.82) is 0 Å². The van der Waals surface area contributed by atoms with Crippen molar-refractivity contribution in [2.45, 2.75) is 60.8 Å². The second kappa shape index (κ2) is 13.0. The third kappa shape index (κ3) is 5.93. The van der Waals surface area contributed by atoms with Crippen LogP contribution in [0.4, 0.5) is 11.4 Å². The Kier molecular flexibility index (Phi) is 11.1. The standard InChI is InChI=1S/C25H27N2.3C2H6/c1-25(2)23(17-12-18-10-14-20(15-11-18)26(3)4)27(5)22-16-13-19-8-6-7-9-21(19)24(22)25;3*1-2/h6-17H,1-5H3;3*1-2H3/q+1;;;. The van der Waals surface area contributed by atoms with E-state index in [9.17, 15) is 0 Å². The third-order valence-electron chi connectivity index (χ3n) is 5.74. The highest BCUT2D eigenvalue weighted by Crippen LogP contribution is 2.43. The van der Waals surface area contributed by atoms with Crippen LogP contribution in [0.5, 0.6) is 0 Å². The molecule has 4 rings (SSSR count). The Balaban J connectivity index is 0.000000841. The number of benzene rings is 3. The van der Waals surface area contributed by atoms with Gasteiger partial charge in [0.05, 0.1) is 5.41 Å². The number of rotatable bonds is 3. The topological polar surface area (TPSA) is 6.25 Å². The van der Waals surface area contributed by atoms with Crippen LogP contribution in [0.3, 0.4) is 0 Å². The zero-order valence-corrected chi connectivity index (χ0v) is 22.8. The minimum atomic E-state index is -0.0367. The van der Waals surface area contributed by atoms with Crippen molar-refractivity contribution in [1.82, 2.24) is 0 Å². The molecule has 2 nitrogen and oxygen atoms in total. The van der Waals surface area contributed by atoms with Crippen LogP contribution in [0.15, 0.2) is 66.7 Å². The fourth-order valence-electron chi connectivity index (χ4n) is 4.25.